The maximum Gasteiger partial charge on any atom is 0.338 e. The third-order valence-electron chi connectivity index (χ3n) is 2.46. The molecule has 0 unspecified atom stereocenters. The van der Waals surface area contributed by atoms with Crippen molar-refractivity contribution in [3.05, 3.63) is 52.0 Å². The molecule has 0 atom stereocenters. The summed E-state index contributed by atoms with van der Waals surface area (Å²) < 4.78 is 17.9. The van der Waals surface area contributed by atoms with Crippen molar-refractivity contribution < 1.29 is 13.9 Å². The molecular weight excluding hydrogens is 292 g/mol. The van der Waals surface area contributed by atoms with Gasteiger partial charge >= 0.3 is 5.97 Å². The van der Waals surface area contributed by atoms with Crippen LogP contribution in [0.1, 0.15) is 10.4 Å². The van der Waals surface area contributed by atoms with Crippen molar-refractivity contribution >= 4 is 29.2 Å². The minimum atomic E-state index is -0.640. The molecule has 2 aromatic rings. The number of aromatic nitrogens is 1. The Morgan fingerprint density at radius 3 is 2.42 bits per heavy atom. The molecule has 3 nitrogen and oxygen atoms in total. The maximum atomic E-state index is 13.2. The highest BCUT2D eigenvalue weighted by Crippen LogP contribution is 2.28. The first-order chi connectivity index (χ1) is 9.01. The van der Waals surface area contributed by atoms with E-state index in [0.29, 0.717) is 11.1 Å². The topological polar surface area (TPSA) is 39.2 Å². The number of esters is 1. The van der Waals surface area contributed by atoms with Crippen molar-refractivity contribution in [3.63, 3.8) is 0 Å². The Labute approximate surface area is 118 Å². The number of carbonyl (C=O) groups excluding carboxylic acids is 1. The van der Waals surface area contributed by atoms with Gasteiger partial charge in [-0.1, -0.05) is 29.3 Å². The number of rotatable bonds is 2. The number of halogens is 3. The zero-order valence-electron chi connectivity index (χ0n) is 9.78. The van der Waals surface area contributed by atoms with Crippen LogP contribution in [0.25, 0.3) is 11.1 Å². The highest BCUT2D eigenvalue weighted by atomic mass is 35.5. The second-order valence-electron chi connectivity index (χ2n) is 3.68. The van der Waals surface area contributed by atoms with E-state index in [9.17, 15) is 9.18 Å². The van der Waals surface area contributed by atoms with Crippen molar-refractivity contribution in [2.24, 2.45) is 0 Å². The molecule has 0 N–H and O–H groups in total. The lowest BCUT2D eigenvalue weighted by Crippen LogP contribution is -2.04. The fraction of sp³-hybridized carbons (Fsp3) is 0.0769. The normalized spacial score (nSPS) is 10.3. The quantitative estimate of drug-likeness (QED) is 0.622. The van der Waals surface area contributed by atoms with E-state index in [4.69, 9.17) is 23.2 Å². The Balaban J connectivity index is 2.64. The van der Waals surface area contributed by atoms with Gasteiger partial charge in [-0.3, -0.25) is 0 Å². The first-order valence-electron chi connectivity index (χ1n) is 5.22. The van der Waals surface area contributed by atoms with Crippen LogP contribution in [0.2, 0.25) is 10.3 Å². The summed E-state index contributed by atoms with van der Waals surface area (Å²) in [7, 11) is 1.23. The van der Waals surface area contributed by atoms with Gasteiger partial charge in [0.25, 0.3) is 0 Å². The van der Waals surface area contributed by atoms with E-state index in [1.54, 1.807) is 0 Å². The van der Waals surface area contributed by atoms with Crippen molar-refractivity contribution in [1.29, 1.82) is 0 Å². The van der Waals surface area contributed by atoms with Crippen molar-refractivity contribution in [2.45, 2.75) is 0 Å². The fourth-order valence-electron chi connectivity index (χ4n) is 1.67. The van der Waals surface area contributed by atoms with Crippen LogP contribution >= 0.6 is 23.2 Å². The third-order valence-corrected chi connectivity index (χ3v) is 2.85. The minimum absolute atomic E-state index is 0.0980. The van der Waals surface area contributed by atoms with Gasteiger partial charge < -0.3 is 4.74 Å². The average Bonchev–Trinajstić information content (AvgIpc) is 2.36. The zero-order valence-corrected chi connectivity index (χ0v) is 11.3. The number of hydrogen-bond donors (Lipinski definition) is 0. The molecule has 0 aliphatic heterocycles. The smallest absolute Gasteiger partial charge is 0.338 e. The first-order valence-corrected chi connectivity index (χ1v) is 5.98. The summed E-state index contributed by atoms with van der Waals surface area (Å²) in [4.78, 5) is 15.5. The van der Waals surface area contributed by atoms with Crippen LogP contribution in [0.15, 0.2) is 30.3 Å². The van der Waals surface area contributed by atoms with E-state index in [0.717, 1.165) is 6.07 Å². The second-order valence-corrected chi connectivity index (χ2v) is 4.46. The van der Waals surface area contributed by atoms with Gasteiger partial charge in [0.15, 0.2) is 0 Å². The van der Waals surface area contributed by atoms with Gasteiger partial charge in [0, 0.05) is 0 Å². The summed E-state index contributed by atoms with van der Waals surface area (Å²) in [6.07, 6.45) is 0. The number of pyridine rings is 1. The molecular formula is C13H8Cl2FNO2. The second kappa shape index (κ2) is 5.55. The lowest BCUT2D eigenvalue weighted by molar-refractivity contribution is 0.0601. The highest BCUT2D eigenvalue weighted by molar-refractivity contribution is 6.32. The van der Waals surface area contributed by atoms with Crippen LogP contribution in [-0.2, 0) is 4.74 Å². The van der Waals surface area contributed by atoms with Crippen LogP contribution in [-0.4, -0.2) is 18.1 Å². The first kappa shape index (κ1) is 13.8. The number of methoxy groups -OCH3 is 1. The van der Waals surface area contributed by atoms with Gasteiger partial charge in [0.1, 0.15) is 16.1 Å². The molecule has 0 aliphatic carbocycles. The Bertz CT molecular complexity index is 626. The van der Waals surface area contributed by atoms with E-state index in [2.05, 4.69) is 9.72 Å². The van der Waals surface area contributed by atoms with Crippen LogP contribution in [0.4, 0.5) is 4.39 Å². The van der Waals surface area contributed by atoms with Gasteiger partial charge in [0.05, 0.1) is 12.7 Å². The van der Waals surface area contributed by atoms with E-state index in [1.807, 2.05) is 0 Å². The lowest BCUT2D eigenvalue weighted by atomic mass is 10.0. The largest absolute Gasteiger partial charge is 0.465 e. The van der Waals surface area contributed by atoms with Crippen LogP contribution in [0.5, 0.6) is 0 Å². The molecule has 1 aromatic carbocycles. The molecule has 0 aliphatic rings. The van der Waals surface area contributed by atoms with Crippen molar-refractivity contribution in [1.82, 2.24) is 4.98 Å². The molecule has 98 valence electrons. The number of ether oxygens (including phenoxy) is 1. The summed E-state index contributed by atoms with van der Waals surface area (Å²) in [5, 5.41) is 0.366. The molecule has 0 radical (unpaired) electrons. The standard InChI is InChI=1S/C13H8Cl2FNO2/c1-19-13(18)10-6-8(16)2-3-9(10)7-4-11(14)17-12(15)5-7/h2-6H,1H3. The predicted octanol–water partition coefficient (Wildman–Crippen LogP) is 3.98. The minimum Gasteiger partial charge on any atom is -0.465 e. The monoisotopic (exact) mass is 299 g/mol. The third kappa shape index (κ3) is 3.03. The van der Waals surface area contributed by atoms with Crippen LogP contribution in [0, 0.1) is 5.82 Å². The van der Waals surface area contributed by atoms with E-state index in [1.165, 1.54) is 31.4 Å². The molecule has 0 saturated carbocycles. The van der Waals surface area contributed by atoms with Gasteiger partial charge in [0.2, 0.25) is 0 Å². The Kier molecular flexibility index (Phi) is 4.02. The summed E-state index contributed by atoms with van der Waals surface area (Å²) in [6.45, 7) is 0. The highest BCUT2D eigenvalue weighted by Gasteiger charge is 2.15. The molecule has 2 rings (SSSR count). The molecule has 0 spiro atoms. The lowest BCUT2D eigenvalue weighted by Gasteiger charge is -2.09. The van der Waals surface area contributed by atoms with Gasteiger partial charge in [-0.25, -0.2) is 14.2 Å². The zero-order chi connectivity index (χ0) is 14.0. The number of benzene rings is 1. The Morgan fingerprint density at radius 1 is 1.21 bits per heavy atom. The van der Waals surface area contributed by atoms with Crippen molar-refractivity contribution in [3.8, 4) is 11.1 Å². The summed E-state index contributed by atoms with van der Waals surface area (Å²) in [5.41, 5.74) is 1.13. The number of hydrogen-bond acceptors (Lipinski definition) is 3. The van der Waals surface area contributed by atoms with E-state index < -0.39 is 11.8 Å². The summed E-state index contributed by atoms with van der Waals surface area (Å²) >= 11 is 11.6. The SMILES string of the molecule is COC(=O)c1cc(F)ccc1-c1cc(Cl)nc(Cl)c1. The maximum absolute atomic E-state index is 13.2. The van der Waals surface area contributed by atoms with Gasteiger partial charge in [-0.05, 0) is 35.4 Å². The Hall–Kier alpha value is -1.65. The molecule has 1 heterocycles. The fourth-order valence-corrected chi connectivity index (χ4v) is 2.13. The molecule has 0 fully saturated rings. The summed E-state index contributed by atoms with van der Waals surface area (Å²) in [5.74, 6) is -1.17. The molecule has 6 heteroatoms. The Morgan fingerprint density at radius 2 is 1.84 bits per heavy atom. The van der Waals surface area contributed by atoms with Crippen LogP contribution in [0.3, 0.4) is 0 Å². The molecule has 0 amide bonds. The summed E-state index contributed by atoms with van der Waals surface area (Å²) in [6, 6.07) is 6.87. The molecule has 19 heavy (non-hydrogen) atoms. The van der Waals surface area contributed by atoms with E-state index in [-0.39, 0.29) is 15.9 Å². The molecule has 0 bridgehead atoms. The number of nitrogens with zero attached hydrogens (tertiary/aromatic N) is 1. The molecule has 1 aromatic heterocycles. The average molecular weight is 300 g/mol. The number of carbonyl (C=O) groups is 1. The van der Waals surface area contributed by atoms with Crippen LogP contribution < -0.4 is 0 Å². The van der Waals surface area contributed by atoms with Crippen molar-refractivity contribution in [2.75, 3.05) is 7.11 Å². The predicted molar refractivity (Wildman–Crippen MR) is 71.0 cm³/mol. The van der Waals surface area contributed by atoms with Gasteiger partial charge in [-0.2, -0.15) is 0 Å². The molecule has 0 saturated heterocycles. The van der Waals surface area contributed by atoms with E-state index >= 15 is 0 Å². The van der Waals surface area contributed by atoms with Gasteiger partial charge in [-0.15, -0.1) is 0 Å².